The summed E-state index contributed by atoms with van der Waals surface area (Å²) in [7, 11) is -1.85. The fraction of sp³-hybridized carbons (Fsp3) is 0.643. The van der Waals surface area contributed by atoms with Gasteiger partial charge in [0.05, 0.1) is 5.69 Å². The summed E-state index contributed by atoms with van der Waals surface area (Å²) in [6, 6.07) is 3.43. The molecule has 5 nitrogen and oxygen atoms in total. The zero-order valence-electron chi connectivity index (χ0n) is 12.1. The number of nitrogens with one attached hydrogen (secondary N) is 2. The third-order valence-electron chi connectivity index (χ3n) is 3.90. The van der Waals surface area contributed by atoms with Gasteiger partial charge in [0.15, 0.2) is 5.03 Å². The molecule has 0 spiro atoms. The Hall–Kier alpha value is -1.14. The first kappa shape index (κ1) is 15.3. The third-order valence-corrected chi connectivity index (χ3v) is 5.28. The van der Waals surface area contributed by atoms with Gasteiger partial charge in [0.2, 0.25) is 0 Å². The van der Waals surface area contributed by atoms with Gasteiger partial charge in [-0.15, -0.1) is 0 Å². The smallest absolute Gasteiger partial charge is 0.260 e. The van der Waals surface area contributed by atoms with Gasteiger partial charge in [0.25, 0.3) is 10.0 Å². The summed E-state index contributed by atoms with van der Waals surface area (Å²) in [5.41, 5.74) is 0.525. The lowest BCUT2D eigenvalue weighted by molar-refractivity contribution is 0.283. The number of pyridine rings is 1. The van der Waals surface area contributed by atoms with Crippen LogP contribution in [-0.4, -0.2) is 27.0 Å². The van der Waals surface area contributed by atoms with Gasteiger partial charge in [-0.3, -0.25) is 0 Å². The van der Waals surface area contributed by atoms with Gasteiger partial charge in [0, 0.05) is 19.8 Å². The highest BCUT2D eigenvalue weighted by Gasteiger charge is 2.23. The molecule has 2 N–H and O–H groups in total. The van der Waals surface area contributed by atoms with Crippen molar-refractivity contribution >= 4 is 15.7 Å². The van der Waals surface area contributed by atoms with E-state index in [1.165, 1.54) is 19.0 Å². The van der Waals surface area contributed by atoms with Gasteiger partial charge in [-0.1, -0.05) is 19.8 Å². The molecule has 0 aliphatic heterocycles. The lowest BCUT2D eigenvalue weighted by Gasteiger charge is -2.26. The number of anilines is 1. The zero-order valence-corrected chi connectivity index (χ0v) is 12.9. The number of rotatable bonds is 5. The molecule has 0 saturated heterocycles. The molecule has 0 bridgehead atoms. The maximum absolute atomic E-state index is 12.3. The summed E-state index contributed by atoms with van der Waals surface area (Å²) in [4.78, 5) is 3.99. The molecule has 2 rings (SSSR count). The summed E-state index contributed by atoms with van der Waals surface area (Å²) < 4.78 is 27.4. The van der Waals surface area contributed by atoms with Crippen molar-refractivity contribution in [3.63, 3.8) is 0 Å². The molecule has 0 aromatic carbocycles. The van der Waals surface area contributed by atoms with Crippen LogP contribution < -0.4 is 10.0 Å². The summed E-state index contributed by atoms with van der Waals surface area (Å²) in [6.45, 7) is 2.74. The quantitative estimate of drug-likeness (QED) is 0.874. The van der Waals surface area contributed by atoms with Crippen molar-refractivity contribution in [3.05, 3.63) is 18.3 Å². The van der Waals surface area contributed by atoms with Gasteiger partial charge >= 0.3 is 0 Å². The Morgan fingerprint density at radius 3 is 2.90 bits per heavy atom. The largest absolute Gasteiger partial charge is 0.386 e. The standard InChI is InChI=1S/C14H23N3O2S/c1-11-5-3-6-12(9-11)10-17-20(18,19)14-13(15-2)7-4-8-16-14/h4,7-8,11-12,15,17H,3,5-6,9-10H2,1-2H3. The molecule has 1 fully saturated rings. The Bertz CT molecular complexity index is 545. The topological polar surface area (TPSA) is 71.1 Å². The first-order valence-electron chi connectivity index (χ1n) is 7.15. The second kappa shape index (κ2) is 6.54. The fourth-order valence-corrected chi connectivity index (χ4v) is 4.09. The number of hydrogen-bond acceptors (Lipinski definition) is 4. The lowest BCUT2D eigenvalue weighted by atomic mass is 9.83. The average Bonchev–Trinajstić information content (AvgIpc) is 2.45. The van der Waals surface area contributed by atoms with Crippen LogP contribution in [0.4, 0.5) is 5.69 Å². The van der Waals surface area contributed by atoms with E-state index in [1.807, 2.05) is 0 Å². The van der Waals surface area contributed by atoms with E-state index in [0.717, 1.165) is 12.8 Å². The molecule has 1 aliphatic rings. The maximum Gasteiger partial charge on any atom is 0.260 e. The van der Waals surface area contributed by atoms with Crippen LogP contribution in [0.1, 0.15) is 32.6 Å². The second-order valence-electron chi connectivity index (χ2n) is 5.60. The highest BCUT2D eigenvalue weighted by molar-refractivity contribution is 7.89. The average molecular weight is 297 g/mol. The van der Waals surface area contributed by atoms with E-state index in [2.05, 4.69) is 21.9 Å². The van der Waals surface area contributed by atoms with Gasteiger partial charge in [-0.05, 0) is 36.8 Å². The molecule has 0 radical (unpaired) electrons. The minimum Gasteiger partial charge on any atom is -0.386 e. The summed E-state index contributed by atoms with van der Waals surface area (Å²) >= 11 is 0. The van der Waals surface area contributed by atoms with Crippen molar-refractivity contribution in [1.29, 1.82) is 0 Å². The van der Waals surface area contributed by atoms with Crippen LogP contribution in [0.3, 0.4) is 0 Å². The van der Waals surface area contributed by atoms with Gasteiger partial charge in [-0.2, -0.15) is 0 Å². The second-order valence-corrected chi connectivity index (χ2v) is 7.28. The predicted octanol–water partition coefficient (Wildman–Crippen LogP) is 2.23. The summed E-state index contributed by atoms with van der Waals surface area (Å²) in [5, 5.41) is 2.94. The van der Waals surface area contributed by atoms with Gasteiger partial charge in [-0.25, -0.2) is 18.1 Å². The van der Waals surface area contributed by atoms with Crippen molar-refractivity contribution < 1.29 is 8.42 Å². The van der Waals surface area contributed by atoms with Gasteiger partial charge in [0.1, 0.15) is 0 Å². The van der Waals surface area contributed by atoms with Crippen LogP contribution in [-0.2, 0) is 10.0 Å². The molecule has 2 unspecified atom stereocenters. The van der Waals surface area contributed by atoms with Crippen molar-refractivity contribution in [2.45, 2.75) is 37.6 Å². The van der Waals surface area contributed by atoms with Crippen LogP contribution in [0.15, 0.2) is 23.4 Å². The van der Waals surface area contributed by atoms with E-state index in [1.54, 1.807) is 19.2 Å². The highest BCUT2D eigenvalue weighted by atomic mass is 32.2. The maximum atomic E-state index is 12.3. The van der Waals surface area contributed by atoms with E-state index >= 15 is 0 Å². The first-order valence-corrected chi connectivity index (χ1v) is 8.63. The number of nitrogens with zero attached hydrogens (tertiary/aromatic N) is 1. The molecular weight excluding hydrogens is 274 g/mol. The molecule has 0 amide bonds. The van der Waals surface area contributed by atoms with Crippen molar-refractivity contribution in [1.82, 2.24) is 9.71 Å². The summed E-state index contributed by atoms with van der Waals surface area (Å²) in [5.74, 6) is 1.14. The molecule has 1 aromatic rings. The van der Waals surface area contributed by atoms with E-state index in [-0.39, 0.29) is 5.03 Å². The Balaban J connectivity index is 2.04. The molecule has 1 aliphatic carbocycles. The molecule has 1 saturated carbocycles. The Kier molecular flexibility index (Phi) is 4.99. The van der Waals surface area contributed by atoms with Crippen molar-refractivity contribution in [2.24, 2.45) is 11.8 Å². The molecule has 112 valence electrons. The predicted molar refractivity (Wildman–Crippen MR) is 80.1 cm³/mol. The fourth-order valence-electron chi connectivity index (χ4n) is 2.84. The van der Waals surface area contributed by atoms with E-state index in [4.69, 9.17) is 0 Å². The van der Waals surface area contributed by atoms with E-state index < -0.39 is 10.0 Å². The minimum absolute atomic E-state index is 0.0753. The minimum atomic E-state index is -3.54. The third kappa shape index (κ3) is 3.70. The molecule has 2 atom stereocenters. The molecule has 20 heavy (non-hydrogen) atoms. The Morgan fingerprint density at radius 1 is 1.40 bits per heavy atom. The zero-order chi connectivity index (χ0) is 14.6. The Morgan fingerprint density at radius 2 is 2.20 bits per heavy atom. The first-order chi connectivity index (χ1) is 9.53. The highest BCUT2D eigenvalue weighted by Crippen LogP contribution is 2.28. The molecule has 6 heteroatoms. The van der Waals surface area contributed by atoms with Crippen molar-refractivity contribution in [2.75, 3.05) is 18.9 Å². The van der Waals surface area contributed by atoms with E-state index in [9.17, 15) is 8.42 Å². The molecule has 1 aromatic heterocycles. The number of sulfonamides is 1. The SMILES string of the molecule is CNc1cccnc1S(=O)(=O)NCC1CCCC(C)C1. The molecular formula is C14H23N3O2S. The van der Waals surface area contributed by atoms with Crippen LogP contribution >= 0.6 is 0 Å². The van der Waals surface area contributed by atoms with Crippen LogP contribution in [0, 0.1) is 11.8 Å². The lowest BCUT2D eigenvalue weighted by Crippen LogP contribution is -2.32. The monoisotopic (exact) mass is 297 g/mol. The summed E-state index contributed by atoms with van der Waals surface area (Å²) in [6.07, 6.45) is 6.15. The Labute approximate surface area is 121 Å². The number of hydrogen-bond donors (Lipinski definition) is 2. The molecule has 1 heterocycles. The van der Waals surface area contributed by atoms with Crippen molar-refractivity contribution in [3.8, 4) is 0 Å². The normalized spacial score (nSPS) is 23.5. The number of aromatic nitrogens is 1. The van der Waals surface area contributed by atoms with Crippen LogP contribution in [0.25, 0.3) is 0 Å². The van der Waals surface area contributed by atoms with Crippen LogP contribution in [0.2, 0.25) is 0 Å². The van der Waals surface area contributed by atoms with E-state index in [0.29, 0.717) is 24.1 Å². The van der Waals surface area contributed by atoms with Crippen LogP contribution in [0.5, 0.6) is 0 Å². The van der Waals surface area contributed by atoms with Gasteiger partial charge < -0.3 is 5.32 Å².